The quantitative estimate of drug-likeness (QED) is 0.353. The molecule has 0 bridgehead atoms. The molecule has 2 atom stereocenters. The smallest absolute Gasteiger partial charge is 0.331 e. The van der Waals surface area contributed by atoms with Gasteiger partial charge < -0.3 is 15.2 Å². The fourth-order valence-corrected chi connectivity index (χ4v) is 2.06. The van der Waals surface area contributed by atoms with Crippen LogP contribution in [-0.4, -0.2) is 57.1 Å². The van der Waals surface area contributed by atoms with Crippen LogP contribution >= 0.6 is 0 Å². The van der Waals surface area contributed by atoms with Gasteiger partial charge in [0.05, 0.1) is 23.1 Å². The molecule has 2 rings (SSSR count). The molecule has 128 valence electrons. The number of hydrogen-bond donors (Lipinski definition) is 1. The Labute approximate surface area is 137 Å². The first-order chi connectivity index (χ1) is 11.3. The molecule has 0 saturated heterocycles. The van der Waals surface area contributed by atoms with E-state index in [1.807, 2.05) is 0 Å². The Bertz CT molecular complexity index is 684. The molecule has 10 heteroatoms. The zero-order valence-electron chi connectivity index (χ0n) is 13.2. The van der Waals surface area contributed by atoms with Gasteiger partial charge in [0.25, 0.3) is 11.8 Å². The molecule has 1 aliphatic heterocycles. The minimum Gasteiger partial charge on any atom is -0.569 e. The van der Waals surface area contributed by atoms with E-state index in [4.69, 9.17) is 9.94 Å². The molecule has 0 fully saturated rings. The van der Waals surface area contributed by atoms with Crippen molar-refractivity contribution in [3.05, 3.63) is 40.6 Å². The first kappa shape index (κ1) is 17.2. The fourth-order valence-electron chi connectivity index (χ4n) is 2.06. The van der Waals surface area contributed by atoms with Crippen LogP contribution < -0.4 is 0 Å². The number of imide groups is 1. The highest BCUT2D eigenvalue weighted by molar-refractivity contribution is 6.21. The Balaban J connectivity index is 2.10. The van der Waals surface area contributed by atoms with E-state index in [0.29, 0.717) is 0 Å². The predicted octanol–water partition coefficient (Wildman–Crippen LogP) is 0.843. The number of fused-ring (bicyclic) bond motifs is 1. The summed E-state index contributed by atoms with van der Waals surface area (Å²) >= 11 is 0. The molecule has 10 nitrogen and oxygen atoms in total. The number of hydrogen-bond acceptors (Lipinski definition) is 6. The summed E-state index contributed by atoms with van der Waals surface area (Å²) < 4.78 is 0. The van der Waals surface area contributed by atoms with Crippen molar-refractivity contribution < 1.29 is 29.3 Å². The summed E-state index contributed by atoms with van der Waals surface area (Å²) in [7, 11) is 1.21. The van der Waals surface area contributed by atoms with Gasteiger partial charge in [-0.2, -0.15) is 0 Å². The van der Waals surface area contributed by atoms with Crippen LogP contribution in [0.2, 0.25) is 0 Å². The average Bonchev–Trinajstić information content (AvgIpc) is 2.82. The summed E-state index contributed by atoms with van der Waals surface area (Å²) in [6.07, 6.45) is -1.14. The molecule has 1 heterocycles. The number of carboxylic acid groups (broad SMARTS) is 1. The minimum absolute atomic E-state index is 0.0621. The first-order valence-electron chi connectivity index (χ1n) is 7.02. The van der Waals surface area contributed by atoms with E-state index in [9.17, 15) is 19.6 Å². The maximum Gasteiger partial charge on any atom is 0.331 e. The Hall–Kier alpha value is -3.17. The van der Waals surface area contributed by atoms with Gasteiger partial charge >= 0.3 is 5.97 Å². The number of carbonyl (C=O) groups excluding carboxylic acids is 2. The maximum absolute atomic E-state index is 12.2. The van der Waals surface area contributed by atoms with Crippen LogP contribution in [0, 0.1) is 5.21 Å². The summed E-state index contributed by atoms with van der Waals surface area (Å²) in [6.45, 7) is 2.66. The van der Waals surface area contributed by atoms with Crippen molar-refractivity contribution in [2.24, 2.45) is 5.28 Å². The van der Waals surface area contributed by atoms with E-state index in [2.05, 4.69) is 5.28 Å². The van der Waals surface area contributed by atoms with E-state index < -0.39 is 30.1 Å². The molecule has 0 saturated carbocycles. The molecule has 0 aliphatic carbocycles. The molecular weight excluding hydrogens is 320 g/mol. The lowest BCUT2D eigenvalue weighted by Gasteiger charge is -2.20. The van der Waals surface area contributed by atoms with Gasteiger partial charge in [-0.15, -0.1) is 5.01 Å². The molecule has 0 spiro atoms. The lowest BCUT2D eigenvalue weighted by Crippen LogP contribution is -2.42. The second-order valence-corrected chi connectivity index (χ2v) is 5.15. The standard InChI is InChI=1S/C14H16N4O6/c1-8(14(21)22)16(3)18(23)15-24-9(2)17-12(19)10-6-4-5-7-11(10)13(17)20/h4-9H,1-3H3,(H,21,22)/b18-15-/t8-,9?/m0/s1. The van der Waals surface area contributed by atoms with Crippen LogP contribution in [0.1, 0.15) is 34.6 Å². The van der Waals surface area contributed by atoms with Crippen LogP contribution in [0.4, 0.5) is 0 Å². The fraction of sp³-hybridized carbons (Fsp3) is 0.357. The third-order valence-corrected chi connectivity index (χ3v) is 3.65. The number of amides is 2. The van der Waals surface area contributed by atoms with Crippen molar-refractivity contribution in [3.8, 4) is 0 Å². The van der Waals surface area contributed by atoms with Crippen molar-refractivity contribution in [1.29, 1.82) is 0 Å². The highest BCUT2D eigenvalue weighted by Gasteiger charge is 2.39. The van der Waals surface area contributed by atoms with Crippen molar-refractivity contribution >= 4 is 17.8 Å². The Morgan fingerprint density at radius 3 is 2.25 bits per heavy atom. The van der Waals surface area contributed by atoms with E-state index in [1.54, 1.807) is 12.1 Å². The molecule has 0 aromatic heterocycles. The van der Waals surface area contributed by atoms with Crippen molar-refractivity contribution in [2.75, 3.05) is 7.05 Å². The Morgan fingerprint density at radius 1 is 1.29 bits per heavy atom. The van der Waals surface area contributed by atoms with Crippen molar-refractivity contribution in [2.45, 2.75) is 26.1 Å². The topological polar surface area (TPSA) is 126 Å². The number of hydrazine groups is 1. The number of carboxylic acids is 1. The maximum atomic E-state index is 12.2. The van der Waals surface area contributed by atoms with E-state index >= 15 is 0 Å². The highest BCUT2D eigenvalue weighted by Crippen LogP contribution is 2.24. The first-order valence-corrected chi connectivity index (χ1v) is 7.02. The minimum atomic E-state index is -1.22. The lowest BCUT2D eigenvalue weighted by molar-refractivity contribution is -0.711. The number of aliphatic carboxylic acids is 1. The van der Waals surface area contributed by atoms with E-state index in [1.165, 1.54) is 33.0 Å². The summed E-state index contributed by atoms with van der Waals surface area (Å²) in [4.78, 5) is 40.9. The van der Waals surface area contributed by atoms with Crippen molar-refractivity contribution in [3.63, 3.8) is 0 Å². The highest BCUT2D eigenvalue weighted by atomic mass is 16.7. The van der Waals surface area contributed by atoms with Crippen LogP contribution in [0.25, 0.3) is 0 Å². The predicted molar refractivity (Wildman–Crippen MR) is 78.4 cm³/mol. The largest absolute Gasteiger partial charge is 0.569 e. The summed E-state index contributed by atoms with van der Waals surface area (Å²) in [6, 6.07) is 5.16. The number of likely N-dealkylation sites (N-methyl/N-ethyl adjacent to an activating group) is 1. The normalized spacial score (nSPS) is 16.6. The number of carbonyl (C=O) groups is 3. The second-order valence-electron chi connectivity index (χ2n) is 5.15. The SMILES string of the molecule is CC(O/N=[N+](\[O-])N(C)[C@@H](C)C(=O)O)N1C(=O)c2ccccc2C1=O. The molecule has 2 amide bonds. The monoisotopic (exact) mass is 336 g/mol. The van der Waals surface area contributed by atoms with Gasteiger partial charge in [-0.3, -0.25) is 9.59 Å². The molecule has 0 radical (unpaired) electrons. The van der Waals surface area contributed by atoms with Gasteiger partial charge in [0.1, 0.15) is 0 Å². The van der Waals surface area contributed by atoms with Gasteiger partial charge in [-0.05, 0) is 26.0 Å². The molecule has 24 heavy (non-hydrogen) atoms. The zero-order valence-corrected chi connectivity index (χ0v) is 13.2. The van der Waals surface area contributed by atoms with Gasteiger partial charge in [0.15, 0.2) is 6.04 Å². The number of nitrogens with zero attached hydrogens (tertiary/aromatic N) is 4. The molecule has 1 N–H and O–H groups in total. The zero-order chi connectivity index (χ0) is 18.0. The van der Waals surface area contributed by atoms with Crippen LogP contribution in [-0.2, 0) is 9.63 Å². The molecule has 1 aromatic rings. The Morgan fingerprint density at radius 2 is 1.79 bits per heavy atom. The number of benzene rings is 1. The third kappa shape index (κ3) is 2.98. The molecule has 1 aliphatic rings. The summed E-state index contributed by atoms with van der Waals surface area (Å²) in [5.74, 6) is -2.33. The van der Waals surface area contributed by atoms with E-state index in [0.717, 1.165) is 9.91 Å². The van der Waals surface area contributed by atoms with Crippen LogP contribution in [0.15, 0.2) is 29.5 Å². The van der Waals surface area contributed by atoms with Crippen LogP contribution in [0.3, 0.4) is 0 Å². The van der Waals surface area contributed by atoms with Gasteiger partial charge in [-0.25, -0.2) is 9.69 Å². The lowest BCUT2D eigenvalue weighted by atomic mass is 10.1. The summed E-state index contributed by atoms with van der Waals surface area (Å²) in [5.41, 5.74) is 0.488. The third-order valence-electron chi connectivity index (χ3n) is 3.65. The average molecular weight is 336 g/mol. The van der Waals surface area contributed by atoms with Crippen LogP contribution in [0.5, 0.6) is 0 Å². The second kappa shape index (κ2) is 6.52. The van der Waals surface area contributed by atoms with Gasteiger partial charge in [0.2, 0.25) is 11.5 Å². The van der Waals surface area contributed by atoms with Crippen molar-refractivity contribution in [1.82, 2.24) is 9.91 Å². The Kier molecular flexibility index (Phi) is 4.67. The van der Waals surface area contributed by atoms with Gasteiger partial charge in [-0.1, -0.05) is 12.1 Å². The molecule has 1 unspecified atom stereocenters. The summed E-state index contributed by atoms with van der Waals surface area (Å²) in [5, 5.41) is 24.5. The molecule has 1 aromatic carbocycles. The van der Waals surface area contributed by atoms with E-state index in [-0.39, 0.29) is 16.1 Å². The molecular formula is C14H16N4O6. The number of rotatable bonds is 6. The van der Waals surface area contributed by atoms with Gasteiger partial charge in [0, 0.05) is 0 Å².